The Kier molecular flexibility index (Phi) is 6.23. The average Bonchev–Trinajstić information content (AvgIpc) is 3.75. The summed E-state index contributed by atoms with van der Waals surface area (Å²) >= 11 is 0. The fraction of sp³-hybridized carbons (Fsp3) is 0.333. The van der Waals surface area contributed by atoms with E-state index < -0.39 is 5.82 Å². The third kappa shape index (κ3) is 4.21. The van der Waals surface area contributed by atoms with Crippen molar-refractivity contribution in [1.29, 1.82) is 0 Å². The van der Waals surface area contributed by atoms with Crippen LogP contribution in [-0.4, -0.2) is 57.8 Å². The van der Waals surface area contributed by atoms with Gasteiger partial charge in [0.1, 0.15) is 22.8 Å². The minimum absolute atomic E-state index is 0.160. The van der Waals surface area contributed by atoms with Gasteiger partial charge in [0.2, 0.25) is 0 Å². The van der Waals surface area contributed by atoms with Crippen molar-refractivity contribution in [2.45, 2.75) is 12.8 Å². The van der Waals surface area contributed by atoms with E-state index in [1.807, 2.05) is 28.3 Å². The van der Waals surface area contributed by atoms with Gasteiger partial charge in [-0.1, -0.05) is 0 Å². The molecule has 0 N–H and O–H groups in total. The molecule has 1 saturated heterocycles. The predicted octanol–water partition coefficient (Wildman–Crippen LogP) is 3.96. The number of imidazole rings is 3. The van der Waals surface area contributed by atoms with Crippen molar-refractivity contribution >= 4 is 22.1 Å². The van der Waals surface area contributed by atoms with E-state index in [9.17, 15) is 4.79 Å². The van der Waals surface area contributed by atoms with E-state index >= 15 is 4.39 Å². The molecule has 216 valence electrons. The van der Waals surface area contributed by atoms with E-state index in [0.29, 0.717) is 63.0 Å². The highest BCUT2D eigenvalue weighted by Crippen LogP contribution is 2.36. The van der Waals surface area contributed by atoms with E-state index in [1.165, 1.54) is 6.07 Å². The van der Waals surface area contributed by atoms with E-state index in [4.69, 9.17) is 14.5 Å². The third-order valence-electron chi connectivity index (χ3n) is 8.19. The number of aryl methyl sites for hydroxylation is 4. The zero-order chi connectivity index (χ0) is 29.1. The second-order valence-electron chi connectivity index (χ2n) is 11.0. The van der Waals surface area contributed by atoms with E-state index in [-0.39, 0.29) is 5.69 Å². The molecule has 0 aliphatic carbocycles. The van der Waals surface area contributed by atoms with Gasteiger partial charge in [-0.2, -0.15) is 5.10 Å². The van der Waals surface area contributed by atoms with Gasteiger partial charge < -0.3 is 14.0 Å². The van der Waals surface area contributed by atoms with Gasteiger partial charge in [0, 0.05) is 70.9 Å². The largest absolute Gasteiger partial charge is 0.491 e. The van der Waals surface area contributed by atoms with Gasteiger partial charge in [-0.05, 0) is 30.9 Å². The molecule has 7 rings (SSSR count). The smallest absolute Gasteiger partial charge is 0.328 e. The minimum atomic E-state index is -0.391. The summed E-state index contributed by atoms with van der Waals surface area (Å²) < 4.78 is 36.3. The van der Waals surface area contributed by atoms with Crippen LogP contribution in [0.15, 0.2) is 54.0 Å². The Hall–Kier alpha value is -4.71. The second kappa shape index (κ2) is 9.98. The van der Waals surface area contributed by atoms with Crippen LogP contribution in [0, 0.1) is 11.7 Å². The lowest BCUT2D eigenvalue weighted by molar-refractivity contribution is 0.0499. The van der Waals surface area contributed by atoms with Crippen LogP contribution in [0.3, 0.4) is 0 Å². The van der Waals surface area contributed by atoms with Gasteiger partial charge in [0.15, 0.2) is 5.82 Å². The number of aromatic nitrogens is 8. The molecule has 6 aromatic rings. The van der Waals surface area contributed by atoms with E-state index in [0.717, 1.165) is 31.7 Å². The SMILES string of the molecule is Cn1cc(-c2cc3nc(-c4cncn4C)n(-c4cc(OCC5CCOCC5)c5c(c4)n(C)c(=O)n5C)c3cc2F)cn1. The normalized spacial score (nSPS) is 14.4. The van der Waals surface area contributed by atoms with Gasteiger partial charge in [-0.25, -0.2) is 19.2 Å². The third-order valence-corrected chi connectivity index (χ3v) is 8.19. The van der Waals surface area contributed by atoms with Gasteiger partial charge in [-0.15, -0.1) is 0 Å². The van der Waals surface area contributed by atoms with Crippen molar-refractivity contribution in [3.8, 4) is 34.1 Å². The average molecular weight is 571 g/mol. The first kappa shape index (κ1) is 26.2. The summed E-state index contributed by atoms with van der Waals surface area (Å²) in [5.74, 6) is 1.14. The molecule has 0 bridgehead atoms. The van der Waals surface area contributed by atoms with Gasteiger partial charge >= 0.3 is 5.69 Å². The summed E-state index contributed by atoms with van der Waals surface area (Å²) in [6.45, 7) is 1.94. The molecule has 0 spiro atoms. The molecule has 0 amide bonds. The molecule has 0 saturated carbocycles. The molecule has 12 heteroatoms. The molecule has 0 radical (unpaired) electrons. The lowest BCUT2D eigenvalue weighted by Gasteiger charge is -2.22. The van der Waals surface area contributed by atoms with Crippen LogP contribution in [0.4, 0.5) is 4.39 Å². The van der Waals surface area contributed by atoms with Gasteiger partial charge in [0.05, 0.1) is 47.6 Å². The molecule has 42 heavy (non-hydrogen) atoms. The number of ether oxygens (including phenoxy) is 2. The van der Waals surface area contributed by atoms with Crippen molar-refractivity contribution < 1.29 is 13.9 Å². The molecule has 0 atom stereocenters. The zero-order valence-electron chi connectivity index (χ0n) is 23.9. The summed E-state index contributed by atoms with van der Waals surface area (Å²) in [5, 5.41) is 4.21. The van der Waals surface area contributed by atoms with E-state index in [1.54, 1.807) is 65.9 Å². The Morgan fingerprint density at radius 2 is 1.83 bits per heavy atom. The molecule has 1 fully saturated rings. The highest BCUT2D eigenvalue weighted by Gasteiger charge is 2.24. The summed E-state index contributed by atoms with van der Waals surface area (Å²) in [4.78, 5) is 22.3. The van der Waals surface area contributed by atoms with E-state index in [2.05, 4.69) is 10.1 Å². The van der Waals surface area contributed by atoms with Crippen molar-refractivity contribution in [2.24, 2.45) is 34.1 Å². The highest BCUT2D eigenvalue weighted by molar-refractivity contribution is 5.90. The number of benzene rings is 2. The number of rotatable bonds is 6. The Morgan fingerprint density at radius 3 is 2.55 bits per heavy atom. The summed E-state index contributed by atoms with van der Waals surface area (Å²) in [5.41, 5.74) is 4.95. The highest BCUT2D eigenvalue weighted by atomic mass is 19.1. The topological polar surface area (TPSA) is 98.9 Å². The summed E-state index contributed by atoms with van der Waals surface area (Å²) in [6, 6.07) is 7.08. The van der Waals surface area contributed by atoms with Crippen LogP contribution in [0.5, 0.6) is 5.75 Å². The van der Waals surface area contributed by atoms with Crippen LogP contribution in [-0.2, 0) is 32.9 Å². The predicted molar refractivity (Wildman–Crippen MR) is 156 cm³/mol. The van der Waals surface area contributed by atoms with Crippen LogP contribution in [0.25, 0.3) is 50.4 Å². The molecule has 5 heterocycles. The number of hydrogen-bond acceptors (Lipinski definition) is 6. The number of fused-ring (bicyclic) bond motifs is 2. The van der Waals surface area contributed by atoms with Crippen LogP contribution in [0.1, 0.15) is 12.8 Å². The maximum absolute atomic E-state index is 15.7. The Balaban J connectivity index is 1.46. The number of halogens is 1. The molecule has 11 nitrogen and oxygen atoms in total. The molecule has 2 aromatic carbocycles. The quantitative estimate of drug-likeness (QED) is 0.301. The Labute approximate surface area is 240 Å². The lowest BCUT2D eigenvalue weighted by atomic mass is 10.0. The maximum atomic E-state index is 15.7. The maximum Gasteiger partial charge on any atom is 0.328 e. The monoisotopic (exact) mass is 570 g/mol. The lowest BCUT2D eigenvalue weighted by Crippen LogP contribution is -2.22. The number of nitrogens with zero attached hydrogens (tertiary/aromatic N) is 8. The Bertz CT molecular complexity index is 2020. The second-order valence-corrected chi connectivity index (χ2v) is 11.0. The molecular weight excluding hydrogens is 539 g/mol. The zero-order valence-corrected chi connectivity index (χ0v) is 23.9. The Morgan fingerprint density at radius 1 is 1.02 bits per heavy atom. The minimum Gasteiger partial charge on any atom is -0.491 e. The van der Waals surface area contributed by atoms with Crippen molar-refractivity contribution in [3.63, 3.8) is 0 Å². The summed E-state index contributed by atoms with van der Waals surface area (Å²) in [6.07, 6.45) is 8.69. The molecule has 0 unspecified atom stereocenters. The fourth-order valence-corrected chi connectivity index (χ4v) is 5.84. The van der Waals surface area contributed by atoms with Crippen LogP contribution < -0.4 is 10.4 Å². The van der Waals surface area contributed by atoms with Crippen molar-refractivity contribution in [2.75, 3.05) is 19.8 Å². The first-order chi connectivity index (χ1) is 20.3. The molecule has 1 aliphatic rings. The molecular formula is C30H31FN8O3. The molecule has 1 aliphatic heterocycles. The first-order valence-electron chi connectivity index (χ1n) is 13.9. The number of hydrogen-bond donors (Lipinski definition) is 0. The molecule has 4 aromatic heterocycles. The first-order valence-corrected chi connectivity index (χ1v) is 13.9. The summed E-state index contributed by atoms with van der Waals surface area (Å²) in [7, 11) is 7.17. The van der Waals surface area contributed by atoms with Crippen molar-refractivity contribution in [3.05, 3.63) is 65.5 Å². The standard InChI is InChI=1S/C30H31FN8O3/c1-35-17-32-14-26(35)29-34-23-11-21(19-13-33-36(2)15-19)22(31)12-24(23)39(29)20-9-25-28(38(4)30(40)37(25)3)27(10-20)42-16-18-5-7-41-8-6-18/h9-15,17-18H,5-8,16H2,1-4H3. The van der Waals surface area contributed by atoms with Gasteiger partial charge in [-0.3, -0.25) is 18.4 Å². The fourth-order valence-electron chi connectivity index (χ4n) is 5.84. The van der Waals surface area contributed by atoms with Crippen LogP contribution >= 0.6 is 0 Å². The van der Waals surface area contributed by atoms with Crippen LogP contribution in [0.2, 0.25) is 0 Å². The van der Waals surface area contributed by atoms with Gasteiger partial charge in [0.25, 0.3) is 0 Å². The van der Waals surface area contributed by atoms with Crippen molar-refractivity contribution in [1.82, 2.24) is 38.0 Å².